The second kappa shape index (κ2) is 9.16. The number of hydrogen-bond acceptors (Lipinski definition) is 5. The molecule has 4 N–H and O–H groups in total. The molecule has 1 unspecified atom stereocenters. The van der Waals surface area contributed by atoms with Gasteiger partial charge >= 0.3 is 0 Å². The van der Waals surface area contributed by atoms with Gasteiger partial charge in [-0.15, -0.1) is 0 Å². The van der Waals surface area contributed by atoms with Crippen molar-refractivity contribution in [2.45, 2.75) is 6.10 Å². The van der Waals surface area contributed by atoms with Gasteiger partial charge in [-0.2, -0.15) is 0 Å². The molecule has 0 fully saturated rings. The molecule has 0 radical (unpaired) electrons. The molecule has 2 aromatic rings. The number of hydrogen-bond donors (Lipinski definition) is 4. The Morgan fingerprint density at radius 2 is 1.81 bits per heavy atom. The number of aliphatic hydroxyl groups excluding tert-OH is 2. The van der Waals surface area contributed by atoms with Crippen LogP contribution in [-0.2, 0) is 4.84 Å². The molecule has 0 aliphatic rings. The first-order chi connectivity index (χ1) is 12.3. The summed E-state index contributed by atoms with van der Waals surface area (Å²) in [6.07, 6.45) is -1.22. The monoisotopic (exact) mass is 482 g/mol. The maximum absolute atomic E-state index is 14.0. The Morgan fingerprint density at radius 1 is 1.12 bits per heavy atom. The zero-order valence-corrected chi connectivity index (χ0v) is 15.3. The summed E-state index contributed by atoms with van der Waals surface area (Å²) in [5.74, 6) is -4.11. The van der Waals surface area contributed by atoms with E-state index < -0.39 is 42.7 Å². The van der Waals surface area contributed by atoms with E-state index in [0.29, 0.717) is 15.7 Å². The minimum absolute atomic E-state index is 0.0397. The van der Waals surface area contributed by atoms with Crippen LogP contribution in [0, 0.1) is 21.0 Å². The number of amides is 1. The van der Waals surface area contributed by atoms with Crippen LogP contribution in [0.3, 0.4) is 0 Å². The number of nitrogens with one attached hydrogen (secondary N) is 2. The molecule has 140 valence electrons. The largest absolute Gasteiger partial charge is 0.394 e. The van der Waals surface area contributed by atoms with Gasteiger partial charge in [-0.25, -0.2) is 18.7 Å². The molecule has 2 rings (SSSR count). The lowest BCUT2D eigenvalue weighted by molar-refractivity contribution is -0.0295. The van der Waals surface area contributed by atoms with E-state index in [-0.39, 0.29) is 16.9 Å². The number of hydroxylamine groups is 1. The Kier molecular flexibility index (Phi) is 7.20. The third kappa shape index (κ3) is 5.30. The zero-order chi connectivity index (χ0) is 19.3. The van der Waals surface area contributed by atoms with Crippen molar-refractivity contribution < 1.29 is 33.0 Å². The van der Waals surface area contributed by atoms with Crippen LogP contribution in [-0.4, -0.2) is 35.4 Å². The molecule has 1 atom stereocenters. The molecule has 1 amide bonds. The van der Waals surface area contributed by atoms with Crippen molar-refractivity contribution in [3.05, 3.63) is 56.9 Å². The predicted molar refractivity (Wildman–Crippen MR) is 95.3 cm³/mol. The van der Waals surface area contributed by atoms with Gasteiger partial charge in [0.05, 0.1) is 23.5 Å². The number of rotatable bonds is 7. The van der Waals surface area contributed by atoms with Crippen LogP contribution >= 0.6 is 22.6 Å². The van der Waals surface area contributed by atoms with E-state index in [1.54, 1.807) is 6.07 Å². The van der Waals surface area contributed by atoms with Gasteiger partial charge < -0.3 is 15.5 Å². The Bertz CT molecular complexity index is 807. The van der Waals surface area contributed by atoms with Crippen molar-refractivity contribution >= 4 is 39.9 Å². The fourth-order valence-corrected chi connectivity index (χ4v) is 2.34. The third-order valence-electron chi connectivity index (χ3n) is 3.16. The van der Waals surface area contributed by atoms with Gasteiger partial charge in [-0.05, 0) is 46.9 Å². The molecule has 6 nitrogen and oxygen atoms in total. The number of aliphatic hydroxyl groups is 2. The number of benzene rings is 2. The lowest BCUT2D eigenvalue weighted by Gasteiger charge is -2.14. The Balaban J connectivity index is 2.25. The highest BCUT2D eigenvalue weighted by Gasteiger charge is 2.18. The van der Waals surface area contributed by atoms with Crippen LogP contribution in [0.5, 0.6) is 0 Å². The molecule has 10 heteroatoms. The normalized spacial score (nSPS) is 11.9. The number of halogens is 4. The van der Waals surface area contributed by atoms with E-state index in [9.17, 15) is 18.0 Å². The summed E-state index contributed by atoms with van der Waals surface area (Å²) in [5.41, 5.74) is 1.35. The fraction of sp³-hybridized carbons (Fsp3) is 0.188. The number of carbonyl (C=O) groups excluding carboxylic acids is 1. The van der Waals surface area contributed by atoms with Crippen molar-refractivity contribution in [3.63, 3.8) is 0 Å². The van der Waals surface area contributed by atoms with Gasteiger partial charge in [0, 0.05) is 9.64 Å². The first-order valence-electron chi connectivity index (χ1n) is 7.24. The minimum Gasteiger partial charge on any atom is -0.394 e. The standard InChI is InChI=1S/C16H14F3IN2O4/c17-11-4-10(16(25)22-26-7-9(24)6-23)15(5-12(11)18)21-14-2-1-8(20)3-13(14)19/h1-5,9,21,23-24H,6-7H2,(H,22,25). The molecule has 0 spiro atoms. The minimum atomic E-state index is -1.28. The van der Waals surface area contributed by atoms with Crippen molar-refractivity contribution in [2.24, 2.45) is 0 Å². The molecule has 2 aromatic carbocycles. The van der Waals surface area contributed by atoms with Crippen LogP contribution < -0.4 is 10.8 Å². The summed E-state index contributed by atoms with van der Waals surface area (Å²) in [6, 6.07) is 5.54. The zero-order valence-electron chi connectivity index (χ0n) is 13.1. The SMILES string of the molecule is O=C(NOCC(O)CO)c1cc(F)c(F)cc1Nc1ccc(I)cc1F. The molecule has 0 aliphatic heterocycles. The van der Waals surface area contributed by atoms with E-state index in [0.717, 1.165) is 0 Å². The fourth-order valence-electron chi connectivity index (χ4n) is 1.89. The summed E-state index contributed by atoms with van der Waals surface area (Å²) < 4.78 is 41.7. The quantitative estimate of drug-likeness (QED) is 0.360. The van der Waals surface area contributed by atoms with E-state index >= 15 is 0 Å². The lowest BCUT2D eigenvalue weighted by atomic mass is 10.1. The summed E-state index contributed by atoms with van der Waals surface area (Å²) in [7, 11) is 0. The number of anilines is 2. The second-order valence-corrected chi connectivity index (χ2v) is 6.39. The molecule has 0 aromatic heterocycles. The molecule has 0 bridgehead atoms. The highest BCUT2D eigenvalue weighted by Crippen LogP contribution is 2.26. The molecule has 0 aliphatic carbocycles. The highest BCUT2D eigenvalue weighted by atomic mass is 127. The Morgan fingerprint density at radius 3 is 2.46 bits per heavy atom. The van der Waals surface area contributed by atoms with E-state index in [1.807, 2.05) is 28.1 Å². The molecular weight excluding hydrogens is 468 g/mol. The average molecular weight is 482 g/mol. The van der Waals surface area contributed by atoms with Gasteiger partial charge in [0.25, 0.3) is 5.91 Å². The van der Waals surface area contributed by atoms with Crippen molar-refractivity contribution in [1.29, 1.82) is 0 Å². The summed E-state index contributed by atoms with van der Waals surface area (Å²) in [6.45, 7) is -1.000. The smallest absolute Gasteiger partial charge is 0.277 e. The number of carbonyl (C=O) groups is 1. The Hall–Kier alpha value is -1.89. The molecule has 0 heterocycles. The van der Waals surface area contributed by atoms with E-state index in [2.05, 4.69) is 10.2 Å². The first kappa shape index (κ1) is 20.4. The summed E-state index contributed by atoms with van der Waals surface area (Å²) in [5, 5.41) is 20.3. The lowest BCUT2D eigenvalue weighted by Crippen LogP contribution is -2.30. The summed E-state index contributed by atoms with van der Waals surface area (Å²) >= 11 is 1.91. The van der Waals surface area contributed by atoms with Crippen LogP contribution in [0.2, 0.25) is 0 Å². The van der Waals surface area contributed by atoms with Crippen LogP contribution in [0.4, 0.5) is 24.5 Å². The Labute approximate surface area is 160 Å². The molecule has 26 heavy (non-hydrogen) atoms. The van der Waals surface area contributed by atoms with Gasteiger partial charge in [-0.3, -0.25) is 9.63 Å². The van der Waals surface area contributed by atoms with Crippen molar-refractivity contribution in [3.8, 4) is 0 Å². The third-order valence-corrected chi connectivity index (χ3v) is 3.83. The maximum Gasteiger partial charge on any atom is 0.277 e. The topological polar surface area (TPSA) is 90.8 Å². The highest BCUT2D eigenvalue weighted by molar-refractivity contribution is 14.1. The van der Waals surface area contributed by atoms with Gasteiger partial charge in [0.1, 0.15) is 18.5 Å². The van der Waals surface area contributed by atoms with E-state index in [1.165, 1.54) is 12.1 Å². The second-order valence-electron chi connectivity index (χ2n) is 5.14. The van der Waals surface area contributed by atoms with Crippen LogP contribution in [0.1, 0.15) is 10.4 Å². The first-order valence-corrected chi connectivity index (χ1v) is 8.32. The van der Waals surface area contributed by atoms with Gasteiger partial charge in [0.2, 0.25) is 0 Å². The van der Waals surface area contributed by atoms with Crippen LogP contribution in [0.15, 0.2) is 30.3 Å². The maximum atomic E-state index is 14.0. The summed E-state index contributed by atoms with van der Waals surface area (Å²) in [4.78, 5) is 16.8. The van der Waals surface area contributed by atoms with E-state index in [4.69, 9.17) is 10.2 Å². The van der Waals surface area contributed by atoms with Gasteiger partial charge in [0.15, 0.2) is 11.6 Å². The molecule has 0 saturated carbocycles. The van der Waals surface area contributed by atoms with Gasteiger partial charge in [-0.1, -0.05) is 0 Å². The molecular formula is C16H14F3IN2O4. The van der Waals surface area contributed by atoms with Crippen LogP contribution in [0.25, 0.3) is 0 Å². The molecule has 0 saturated heterocycles. The average Bonchev–Trinajstić information content (AvgIpc) is 2.59. The van der Waals surface area contributed by atoms with Crippen molar-refractivity contribution in [2.75, 3.05) is 18.5 Å². The van der Waals surface area contributed by atoms with Crippen molar-refractivity contribution in [1.82, 2.24) is 5.48 Å². The predicted octanol–water partition coefficient (Wildman–Crippen LogP) is 2.47.